The summed E-state index contributed by atoms with van der Waals surface area (Å²) in [6, 6.07) is 18.1. The van der Waals surface area contributed by atoms with Crippen LogP contribution in [0.5, 0.6) is 0 Å². The minimum atomic E-state index is -0.403. The molecule has 7 nitrogen and oxygen atoms in total. The SMILES string of the molecule is C=CCn1c(CNc2ccc(I)cc2)nnc1S[C@@H](C)C(=O)N/N=C(C)/C=C/c1ccccc1. The van der Waals surface area contributed by atoms with Gasteiger partial charge in [-0.25, -0.2) is 5.43 Å². The standard InChI is InChI=1S/C25H27IN6OS/c1-4-16-32-23(17-27-22-14-12-21(26)13-15-22)29-31-25(32)34-19(3)24(33)30-28-18(2)10-11-20-8-6-5-7-9-20/h4-15,19,27H,1,16-17H2,2-3H3,(H,30,33)/b11-10+,28-18+/t19-/m0/s1. The summed E-state index contributed by atoms with van der Waals surface area (Å²) in [4.78, 5) is 12.6. The quantitative estimate of drug-likeness (QED) is 0.104. The summed E-state index contributed by atoms with van der Waals surface area (Å²) in [7, 11) is 0. The van der Waals surface area contributed by atoms with Crippen molar-refractivity contribution in [2.45, 2.75) is 37.3 Å². The smallest absolute Gasteiger partial charge is 0.253 e. The molecule has 1 heterocycles. The van der Waals surface area contributed by atoms with E-state index in [0.717, 1.165) is 17.1 Å². The Bertz CT molecular complexity index is 1160. The molecule has 2 N–H and O–H groups in total. The molecule has 1 amide bonds. The fourth-order valence-electron chi connectivity index (χ4n) is 2.86. The highest BCUT2D eigenvalue weighted by atomic mass is 127. The number of halogens is 1. The average molecular weight is 587 g/mol. The van der Waals surface area contributed by atoms with Crippen LogP contribution in [0.25, 0.3) is 6.08 Å². The first-order chi connectivity index (χ1) is 16.5. The average Bonchev–Trinajstić information content (AvgIpc) is 3.22. The van der Waals surface area contributed by atoms with Crippen molar-refractivity contribution in [1.29, 1.82) is 0 Å². The second kappa shape index (κ2) is 13.1. The molecule has 176 valence electrons. The van der Waals surface area contributed by atoms with E-state index in [2.05, 4.69) is 55.2 Å². The number of allylic oxidation sites excluding steroid dienone is 2. The van der Waals surface area contributed by atoms with E-state index in [4.69, 9.17) is 0 Å². The van der Waals surface area contributed by atoms with Gasteiger partial charge in [-0.15, -0.1) is 16.8 Å². The molecule has 0 aliphatic heterocycles. The normalized spacial score (nSPS) is 12.5. The fraction of sp³-hybridized carbons (Fsp3) is 0.200. The maximum absolute atomic E-state index is 12.6. The number of hydrogen-bond acceptors (Lipinski definition) is 6. The highest BCUT2D eigenvalue weighted by Crippen LogP contribution is 2.23. The first-order valence-corrected chi connectivity index (χ1v) is 12.7. The second-order valence-corrected chi connectivity index (χ2v) is 9.95. The summed E-state index contributed by atoms with van der Waals surface area (Å²) in [5.74, 6) is 0.567. The van der Waals surface area contributed by atoms with Gasteiger partial charge in [0.2, 0.25) is 0 Å². The molecule has 1 atom stereocenters. The number of amides is 1. The maximum Gasteiger partial charge on any atom is 0.253 e. The molecule has 0 saturated heterocycles. The summed E-state index contributed by atoms with van der Waals surface area (Å²) in [5.41, 5.74) is 5.41. The fourth-order valence-corrected chi connectivity index (χ4v) is 4.09. The van der Waals surface area contributed by atoms with E-state index in [-0.39, 0.29) is 5.91 Å². The number of carbonyl (C=O) groups is 1. The van der Waals surface area contributed by atoms with Gasteiger partial charge in [0.05, 0.1) is 17.5 Å². The van der Waals surface area contributed by atoms with Crippen molar-refractivity contribution in [3.63, 3.8) is 0 Å². The van der Waals surface area contributed by atoms with Crippen LogP contribution in [0, 0.1) is 3.57 Å². The maximum atomic E-state index is 12.6. The number of nitrogens with zero attached hydrogens (tertiary/aromatic N) is 4. The van der Waals surface area contributed by atoms with E-state index in [1.165, 1.54) is 15.3 Å². The Kier molecular flexibility index (Phi) is 9.89. The van der Waals surface area contributed by atoms with Crippen molar-refractivity contribution in [3.05, 3.63) is 88.3 Å². The molecule has 0 bridgehead atoms. The lowest BCUT2D eigenvalue weighted by molar-refractivity contribution is -0.120. The van der Waals surface area contributed by atoms with Gasteiger partial charge in [0.1, 0.15) is 0 Å². The van der Waals surface area contributed by atoms with Crippen molar-refractivity contribution in [2.75, 3.05) is 5.32 Å². The second-order valence-electron chi connectivity index (χ2n) is 7.39. The molecule has 0 aliphatic carbocycles. The zero-order chi connectivity index (χ0) is 24.3. The van der Waals surface area contributed by atoms with Gasteiger partial charge < -0.3 is 9.88 Å². The van der Waals surface area contributed by atoms with Crippen LogP contribution in [0.4, 0.5) is 5.69 Å². The van der Waals surface area contributed by atoms with Crippen LogP contribution in [0.15, 0.2) is 83.6 Å². The molecular weight excluding hydrogens is 559 g/mol. The van der Waals surface area contributed by atoms with Crippen molar-refractivity contribution in [1.82, 2.24) is 20.2 Å². The molecule has 0 spiro atoms. The van der Waals surface area contributed by atoms with Crippen LogP contribution in [-0.4, -0.2) is 31.6 Å². The Morgan fingerprint density at radius 1 is 1.21 bits per heavy atom. The van der Waals surface area contributed by atoms with E-state index >= 15 is 0 Å². The van der Waals surface area contributed by atoms with Crippen LogP contribution in [0.3, 0.4) is 0 Å². The number of hydrazone groups is 1. The number of anilines is 1. The third-order valence-electron chi connectivity index (χ3n) is 4.71. The first kappa shape index (κ1) is 25.7. The van der Waals surface area contributed by atoms with Crippen LogP contribution in [0.1, 0.15) is 25.2 Å². The van der Waals surface area contributed by atoms with Crippen molar-refractivity contribution < 1.29 is 4.79 Å². The number of rotatable bonds is 11. The summed E-state index contributed by atoms with van der Waals surface area (Å²) >= 11 is 3.61. The number of aromatic nitrogens is 3. The minimum Gasteiger partial charge on any atom is -0.378 e. The van der Waals surface area contributed by atoms with E-state index in [1.807, 2.05) is 85.2 Å². The van der Waals surface area contributed by atoms with Crippen LogP contribution >= 0.6 is 34.4 Å². The molecule has 0 unspecified atom stereocenters. The van der Waals surface area contributed by atoms with E-state index < -0.39 is 5.25 Å². The van der Waals surface area contributed by atoms with Crippen LogP contribution < -0.4 is 10.7 Å². The topological polar surface area (TPSA) is 84.2 Å². The highest BCUT2D eigenvalue weighted by molar-refractivity contribution is 14.1. The molecule has 0 fully saturated rings. The third kappa shape index (κ3) is 7.84. The summed E-state index contributed by atoms with van der Waals surface area (Å²) < 4.78 is 3.13. The van der Waals surface area contributed by atoms with Gasteiger partial charge in [-0.05, 0) is 72.3 Å². The predicted molar refractivity (Wildman–Crippen MR) is 149 cm³/mol. The van der Waals surface area contributed by atoms with Gasteiger partial charge in [0.25, 0.3) is 5.91 Å². The van der Waals surface area contributed by atoms with Crippen molar-refractivity contribution in [2.24, 2.45) is 5.10 Å². The largest absolute Gasteiger partial charge is 0.378 e. The summed E-state index contributed by atoms with van der Waals surface area (Å²) in [6.45, 7) is 8.56. The van der Waals surface area contributed by atoms with E-state index in [9.17, 15) is 4.79 Å². The zero-order valence-electron chi connectivity index (χ0n) is 19.1. The lowest BCUT2D eigenvalue weighted by Gasteiger charge is -2.12. The lowest BCUT2D eigenvalue weighted by Crippen LogP contribution is -2.27. The van der Waals surface area contributed by atoms with Gasteiger partial charge in [0.15, 0.2) is 11.0 Å². The predicted octanol–water partition coefficient (Wildman–Crippen LogP) is 5.37. The monoisotopic (exact) mass is 586 g/mol. The minimum absolute atomic E-state index is 0.204. The Morgan fingerprint density at radius 3 is 2.65 bits per heavy atom. The Labute approximate surface area is 218 Å². The van der Waals surface area contributed by atoms with Crippen molar-refractivity contribution >= 4 is 57.7 Å². The molecule has 3 rings (SSSR count). The number of benzene rings is 2. The zero-order valence-corrected chi connectivity index (χ0v) is 22.1. The van der Waals surface area contributed by atoms with Crippen molar-refractivity contribution in [3.8, 4) is 0 Å². The van der Waals surface area contributed by atoms with E-state index in [0.29, 0.717) is 24.0 Å². The molecule has 34 heavy (non-hydrogen) atoms. The lowest BCUT2D eigenvalue weighted by atomic mass is 10.2. The third-order valence-corrected chi connectivity index (χ3v) is 6.51. The number of nitrogens with one attached hydrogen (secondary N) is 2. The highest BCUT2D eigenvalue weighted by Gasteiger charge is 2.19. The van der Waals surface area contributed by atoms with Gasteiger partial charge in [-0.2, -0.15) is 5.10 Å². The molecule has 9 heteroatoms. The Morgan fingerprint density at radius 2 is 1.94 bits per heavy atom. The van der Waals surface area contributed by atoms with Crippen LogP contribution in [0.2, 0.25) is 0 Å². The summed E-state index contributed by atoms with van der Waals surface area (Å²) in [5, 5.41) is 16.4. The number of hydrogen-bond donors (Lipinski definition) is 2. The Balaban J connectivity index is 1.58. The molecule has 3 aromatic rings. The summed E-state index contributed by atoms with van der Waals surface area (Å²) in [6.07, 6.45) is 5.60. The molecular formula is C25H27IN6OS. The van der Waals surface area contributed by atoms with Gasteiger partial charge >= 0.3 is 0 Å². The molecule has 0 radical (unpaired) electrons. The van der Waals surface area contributed by atoms with Gasteiger partial charge in [0, 0.05) is 15.8 Å². The van der Waals surface area contributed by atoms with E-state index in [1.54, 1.807) is 6.08 Å². The number of carbonyl (C=O) groups excluding carboxylic acids is 1. The molecule has 2 aromatic carbocycles. The molecule has 0 saturated carbocycles. The van der Waals surface area contributed by atoms with Crippen LogP contribution in [-0.2, 0) is 17.9 Å². The number of thioether (sulfide) groups is 1. The van der Waals surface area contributed by atoms with Gasteiger partial charge in [-0.3, -0.25) is 4.79 Å². The Hall–Kier alpha value is -2.92. The first-order valence-electron chi connectivity index (χ1n) is 10.7. The van der Waals surface area contributed by atoms with Gasteiger partial charge in [-0.1, -0.05) is 54.2 Å². The molecule has 0 aliphatic rings. The molecule has 1 aromatic heterocycles.